The van der Waals surface area contributed by atoms with E-state index in [-0.39, 0.29) is 0 Å². The zero-order valence-corrected chi connectivity index (χ0v) is 13.5. The molecule has 0 fully saturated rings. The molecule has 0 aromatic rings. The fourth-order valence-corrected chi connectivity index (χ4v) is 33.2. The summed E-state index contributed by atoms with van der Waals surface area (Å²) in [7, 11) is 0. The molecule has 6 heteroatoms. The fourth-order valence-electron chi connectivity index (χ4n) is 2.09. The van der Waals surface area contributed by atoms with Crippen molar-refractivity contribution in [2.24, 2.45) is 0 Å². The molecule has 0 heterocycles. The summed E-state index contributed by atoms with van der Waals surface area (Å²) in [6.07, 6.45) is 1.90. The molecule has 0 amide bonds. The first kappa shape index (κ1) is 15.7. The van der Waals surface area contributed by atoms with E-state index >= 15 is 0 Å². The molecule has 0 aliphatic heterocycles. The van der Waals surface area contributed by atoms with Gasteiger partial charge in [0, 0.05) is 0 Å². The molecule has 0 bridgehead atoms. The molecule has 0 unspecified atom stereocenters. The Bertz CT molecular complexity index is 260. The molecular weight excluding hydrogens is 405 g/mol. The minimum absolute atomic E-state index is 0.457. The molecule has 4 nitrogen and oxygen atoms in total. The molecule has 0 N–H and O–H groups in total. The molecule has 0 rings (SSSR count). The number of hydrogen-bond acceptors (Lipinski definition) is 4. The standard InChI is InChI=1S/C6H15P.4CHO.Os/c1-4-7(5-2)6-3;4*1-2;/h4-6H2,1-3H3;4*1H;/q;;;;;-1/p+1. The summed E-state index contributed by atoms with van der Waals surface area (Å²) in [6, 6.07) is 0. The van der Waals surface area contributed by atoms with Gasteiger partial charge in [-0.15, -0.1) is 0 Å². The van der Waals surface area contributed by atoms with Crippen LogP contribution in [0, 0.1) is 0 Å². The molecule has 0 aromatic heterocycles. The number of hydrogen-bond donors (Lipinski definition) is 0. The van der Waals surface area contributed by atoms with Gasteiger partial charge in [-0.25, -0.2) is 0 Å². The van der Waals surface area contributed by atoms with E-state index in [2.05, 4.69) is 0 Å². The maximum atomic E-state index is 11.4. The topological polar surface area (TPSA) is 68.3 Å². The van der Waals surface area contributed by atoms with Gasteiger partial charge in [-0.1, -0.05) is 0 Å². The zero-order chi connectivity index (χ0) is 12.9. The fraction of sp³-hybridized carbons (Fsp3) is 0.600. The molecule has 16 heavy (non-hydrogen) atoms. The molecule has 0 saturated heterocycles. The van der Waals surface area contributed by atoms with Gasteiger partial charge in [-0.05, 0) is 0 Å². The Kier molecular flexibility index (Phi) is 5.30. The van der Waals surface area contributed by atoms with Crippen LogP contribution < -0.4 is 0 Å². The normalized spacial score (nSPS) is 15.6. The Balaban J connectivity index is 6.23. The summed E-state index contributed by atoms with van der Waals surface area (Å²) in [5.74, 6) is 0. The van der Waals surface area contributed by atoms with Crippen molar-refractivity contribution in [1.29, 1.82) is 0 Å². The second kappa shape index (κ2) is 5.39. The van der Waals surface area contributed by atoms with Crippen LogP contribution in [0.15, 0.2) is 0 Å². The van der Waals surface area contributed by atoms with Gasteiger partial charge >= 0.3 is 96.7 Å². The van der Waals surface area contributed by atoms with Gasteiger partial charge < -0.3 is 0 Å². The van der Waals surface area contributed by atoms with Gasteiger partial charge in [0.25, 0.3) is 0 Å². The average molecular weight is 425 g/mol. The third-order valence-electron chi connectivity index (χ3n) is 3.49. The van der Waals surface area contributed by atoms with Crippen LogP contribution in [0.5, 0.6) is 0 Å². The summed E-state index contributed by atoms with van der Waals surface area (Å²) in [5.41, 5.74) is -2.42. The van der Waals surface area contributed by atoms with Crippen molar-refractivity contribution in [3.8, 4) is 0 Å². The quantitative estimate of drug-likeness (QED) is 0.432. The van der Waals surface area contributed by atoms with Crippen LogP contribution in [0.2, 0.25) is 0 Å². The molecule has 0 radical (unpaired) electrons. The van der Waals surface area contributed by atoms with Crippen molar-refractivity contribution in [2.75, 3.05) is 18.5 Å². The number of carbonyl (C=O) groups is 4. The van der Waals surface area contributed by atoms with Crippen molar-refractivity contribution >= 4 is 24.9 Å². The van der Waals surface area contributed by atoms with Gasteiger partial charge in [-0.2, -0.15) is 0 Å². The molecule has 0 atom stereocenters. The molecule has 97 valence electrons. The molecule has 0 aliphatic rings. The predicted molar refractivity (Wildman–Crippen MR) is 66.9 cm³/mol. The van der Waals surface area contributed by atoms with Crippen LogP contribution in [0.3, 0.4) is 0 Å². The van der Waals surface area contributed by atoms with Crippen molar-refractivity contribution < 1.29 is 32.5 Å². The summed E-state index contributed by atoms with van der Waals surface area (Å²) in [4.78, 5) is 47.4. The van der Waals surface area contributed by atoms with Crippen LogP contribution >= 0.6 is 5.55 Å². The molecule has 0 aromatic carbocycles. The summed E-state index contributed by atoms with van der Waals surface area (Å²) >= 11 is -4.95. The van der Waals surface area contributed by atoms with E-state index < -0.39 is 18.9 Å². The van der Waals surface area contributed by atoms with Crippen LogP contribution in [0.25, 0.3) is 0 Å². The number of rotatable bonds is 8. The molecular formula is C10H20O4OsP. The van der Waals surface area contributed by atoms with Crippen molar-refractivity contribution in [1.82, 2.24) is 0 Å². The van der Waals surface area contributed by atoms with Gasteiger partial charge in [-0.3, -0.25) is 0 Å². The molecule has 0 spiro atoms. The first-order chi connectivity index (χ1) is 7.50. The van der Waals surface area contributed by atoms with Crippen LogP contribution in [-0.2, 0) is 32.5 Å². The van der Waals surface area contributed by atoms with E-state index in [1.54, 1.807) is 0 Å². The summed E-state index contributed by atoms with van der Waals surface area (Å²) < 4.78 is 0. The van der Waals surface area contributed by atoms with Crippen molar-refractivity contribution in [3.63, 3.8) is 0 Å². The average Bonchev–Trinajstić information content (AvgIpc) is 2.38. The van der Waals surface area contributed by atoms with E-state index in [1.165, 1.54) is 0 Å². The van der Waals surface area contributed by atoms with Gasteiger partial charge in [0.15, 0.2) is 0 Å². The van der Waals surface area contributed by atoms with E-state index in [4.69, 9.17) is 0 Å². The van der Waals surface area contributed by atoms with Crippen LogP contribution in [0.4, 0.5) is 0 Å². The van der Waals surface area contributed by atoms with Gasteiger partial charge in [0.2, 0.25) is 0 Å². The third-order valence-corrected chi connectivity index (χ3v) is 43.8. The van der Waals surface area contributed by atoms with Crippen molar-refractivity contribution in [3.05, 3.63) is 0 Å². The Morgan fingerprint density at radius 2 is 1.00 bits per heavy atom. The monoisotopic (exact) mass is 427 g/mol. The second-order valence-electron chi connectivity index (χ2n) is 3.63. The molecule has 0 saturated carbocycles. The Labute approximate surface area is 96.8 Å². The van der Waals surface area contributed by atoms with Crippen LogP contribution in [0.1, 0.15) is 20.8 Å². The van der Waals surface area contributed by atoms with E-state index in [0.29, 0.717) is 37.8 Å². The second-order valence-corrected chi connectivity index (χ2v) is 33.2. The first-order valence-corrected chi connectivity index (χ1v) is 17.3. The van der Waals surface area contributed by atoms with Crippen molar-refractivity contribution in [2.45, 2.75) is 20.8 Å². The van der Waals surface area contributed by atoms with Crippen LogP contribution in [-0.4, -0.2) is 37.8 Å². The maximum absolute atomic E-state index is 11.4. The van der Waals surface area contributed by atoms with E-state index in [9.17, 15) is 19.2 Å². The number of carbonyl (C=O) groups excluding carboxylic acids is 4. The zero-order valence-electron chi connectivity index (χ0n) is 9.92. The Hall–Kier alpha value is -0.254. The van der Waals surface area contributed by atoms with E-state index in [0.717, 1.165) is 0 Å². The first-order valence-electron chi connectivity index (χ1n) is 5.12. The van der Waals surface area contributed by atoms with Gasteiger partial charge in [0.05, 0.1) is 0 Å². The minimum atomic E-state index is -4.95. The Morgan fingerprint density at radius 1 is 0.750 bits per heavy atom. The third kappa shape index (κ3) is 1.65. The SMILES string of the molecule is CC[PH](CC)(CC)[Os]([CH]=O)([CH]=O)([CH]=O)[CH]=O. The Morgan fingerprint density at radius 3 is 1.06 bits per heavy atom. The summed E-state index contributed by atoms with van der Waals surface area (Å²) in [6.45, 7) is 5.64. The predicted octanol–water partition coefficient (Wildman–Crippen LogP) is 1.16. The summed E-state index contributed by atoms with van der Waals surface area (Å²) in [5, 5.41) is 0. The van der Waals surface area contributed by atoms with Gasteiger partial charge in [0.1, 0.15) is 0 Å². The molecule has 0 aliphatic carbocycles. The van der Waals surface area contributed by atoms with E-state index in [1.807, 2.05) is 20.8 Å².